The van der Waals surface area contributed by atoms with Crippen LogP contribution in [0.3, 0.4) is 0 Å². The molecule has 0 atom stereocenters. The molecule has 0 saturated carbocycles. The molecule has 4 heteroatoms. The number of hydrogen-bond acceptors (Lipinski definition) is 2. The lowest BCUT2D eigenvalue weighted by Gasteiger charge is -1.97. The van der Waals surface area contributed by atoms with Crippen molar-refractivity contribution >= 4 is 11.8 Å². The Kier molecular flexibility index (Phi) is 5.48. The molecule has 0 spiro atoms. The molecule has 80 valence electrons. The zero-order chi connectivity index (χ0) is 11.8. The number of amides is 2. The van der Waals surface area contributed by atoms with Gasteiger partial charge in [-0.25, -0.2) is 0 Å². The van der Waals surface area contributed by atoms with E-state index < -0.39 is 11.8 Å². The Morgan fingerprint density at radius 2 is 1.53 bits per heavy atom. The van der Waals surface area contributed by atoms with Gasteiger partial charge in [0.15, 0.2) is 0 Å². The van der Waals surface area contributed by atoms with E-state index in [1.54, 1.807) is 12.1 Å². The molecule has 1 aromatic carbocycles. The fraction of sp³-hybridized carbons (Fsp3) is 0.0909. The summed E-state index contributed by atoms with van der Waals surface area (Å²) in [6, 6.07) is 5.97. The second-order valence-electron chi connectivity index (χ2n) is 2.72. The smallest absolute Gasteiger partial charge is 0.248 e. The minimum absolute atomic E-state index is 0.284. The summed E-state index contributed by atoms with van der Waals surface area (Å²) in [5.74, 6) is -1.14. The van der Waals surface area contributed by atoms with Gasteiger partial charge in [0, 0.05) is 11.1 Å². The van der Waals surface area contributed by atoms with Crippen molar-refractivity contribution in [2.75, 3.05) is 0 Å². The Morgan fingerprint density at radius 1 is 1.20 bits per heavy atom. The van der Waals surface area contributed by atoms with Crippen molar-refractivity contribution in [2.45, 2.75) is 6.92 Å². The van der Waals surface area contributed by atoms with Crippen LogP contribution in [0.1, 0.15) is 27.6 Å². The third-order valence-corrected chi connectivity index (χ3v) is 1.43. The summed E-state index contributed by atoms with van der Waals surface area (Å²) in [7, 11) is 0. The van der Waals surface area contributed by atoms with Gasteiger partial charge in [-0.1, -0.05) is 12.1 Å². The molecule has 0 bridgehead atoms. The second-order valence-corrected chi connectivity index (χ2v) is 2.72. The summed E-state index contributed by atoms with van der Waals surface area (Å²) in [5, 5.41) is 0. The maximum Gasteiger partial charge on any atom is 0.248 e. The summed E-state index contributed by atoms with van der Waals surface area (Å²) >= 11 is 0. The van der Waals surface area contributed by atoms with E-state index in [4.69, 9.17) is 11.5 Å². The predicted octanol–water partition coefficient (Wildman–Crippen LogP) is 1.08. The number of primary amides is 2. The molecule has 0 aliphatic rings. The number of rotatable bonds is 2. The quantitative estimate of drug-likeness (QED) is 0.709. The van der Waals surface area contributed by atoms with Gasteiger partial charge in [-0.3, -0.25) is 9.59 Å². The molecule has 4 N–H and O–H groups in total. The maximum atomic E-state index is 10.6. The average molecular weight is 206 g/mol. The van der Waals surface area contributed by atoms with Gasteiger partial charge in [0.05, 0.1) is 0 Å². The highest BCUT2D eigenvalue weighted by Crippen LogP contribution is 2.03. The lowest BCUT2D eigenvalue weighted by atomic mass is 10.1. The molecular weight excluding hydrogens is 192 g/mol. The third-order valence-electron chi connectivity index (χ3n) is 1.43. The van der Waals surface area contributed by atoms with Crippen LogP contribution in [-0.4, -0.2) is 11.8 Å². The molecule has 0 heterocycles. The van der Waals surface area contributed by atoms with Gasteiger partial charge in [0.25, 0.3) is 0 Å². The van der Waals surface area contributed by atoms with E-state index in [9.17, 15) is 9.59 Å². The molecule has 2 amide bonds. The molecule has 0 aliphatic carbocycles. The van der Waals surface area contributed by atoms with Crippen molar-refractivity contribution in [2.24, 2.45) is 11.5 Å². The lowest BCUT2D eigenvalue weighted by molar-refractivity contribution is 0.0999. The number of hydrogen-bond donors (Lipinski definition) is 2. The van der Waals surface area contributed by atoms with Crippen molar-refractivity contribution in [1.29, 1.82) is 0 Å². The molecule has 0 radical (unpaired) electrons. The van der Waals surface area contributed by atoms with E-state index in [2.05, 4.69) is 6.58 Å². The van der Waals surface area contributed by atoms with Crippen molar-refractivity contribution < 1.29 is 9.59 Å². The van der Waals surface area contributed by atoms with Crippen molar-refractivity contribution in [1.82, 2.24) is 0 Å². The molecule has 15 heavy (non-hydrogen) atoms. The van der Waals surface area contributed by atoms with Gasteiger partial charge >= 0.3 is 0 Å². The van der Waals surface area contributed by atoms with E-state index in [1.165, 1.54) is 18.2 Å². The van der Waals surface area contributed by atoms with E-state index >= 15 is 0 Å². The van der Waals surface area contributed by atoms with E-state index in [0.29, 0.717) is 0 Å². The van der Waals surface area contributed by atoms with Crippen LogP contribution in [0.15, 0.2) is 36.9 Å². The van der Waals surface area contributed by atoms with Crippen molar-refractivity contribution in [3.8, 4) is 0 Å². The first kappa shape index (κ1) is 12.9. The van der Waals surface area contributed by atoms with E-state index in [0.717, 1.165) is 0 Å². The van der Waals surface area contributed by atoms with Gasteiger partial charge < -0.3 is 11.5 Å². The summed E-state index contributed by atoms with van der Waals surface area (Å²) in [5.41, 5.74) is 10.6. The van der Waals surface area contributed by atoms with Crippen LogP contribution in [0, 0.1) is 0 Å². The van der Waals surface area contributed by atoms with Crippen LogP contribution in [0.2, 0.25) is 0 Å². The Bertz CT molecular complexity index is 343. The molecule has 0 aliphatic heterocycles. The number of carbonyl (C=O) groups is 2. The number of nitrogens with two attached hydrogens (primary N) is 2. The van der Waals surface area contributed by atoms with Crippen molar-refractivity contribution in [3.63, 3.8) is 0 Å². The molecule has 0 unspecified atom stereocenters. The fourth-order valence-electron chi connectivity index (χ4n) is 0.826. The first-order valence-corrected chi connectivity index (χ1v) is 4.29. The molecule has 1 aromatic rings. The highest BCUT2D eigenvalue weighted by molar-refractivity contribution is 5.98. The van der Waals surface area contributed by atoms with Gasteiger partial charge in [0.1, 0.15) is 0 Å². The zero-order valence-electron chi connectivity index (χ0n) is 8.57. The Morgan fingerprint density at radius 3 is 1.80 bits per heavy atom. The van der Waals surface area contributed by atoms with Crippen LogP contribution in [-0.2, 0) is 0 Å². The van der Waals surface area contributed by atoms with Crippen LogP contribution in [0.5, 0.6) is 0 Å². The fourth-order valence-corrected chi connectivity index (χ4v) is 0.826. The van der Waals surface area contributed by atoms with Gasteiger partial charge in [-0.05, 0) is 25.1 Å². The van der Waals surface area contributed by atoms with Crippen LogP contribution >= 0.6 is 0 Å². The molecular formula is C11H14N2O2. The standard InChI is InChI=1S/C8H8N2O2.C3H6/c9-7(11)5-2-1-3-6(4-5)8(10)12;1-3-2/h1-4H,(H2,9,11)(H2,10,12);3H,1H2,2H3. The average Bonchev–Trinajstić information content (AvgIpc) is 2.19. The Hall–Kier alpha value is -2.10. The van der Waals surface area contributed by atoms with Crippen molar-refractivity contribution in [3.05, 3.63) is 48.0 Å². The van der Waals surface area contributed by atoms with Gasteiger partial charge in [-0.2, -0.15) is 0 Å². The number of benzene rings is 1. The van der Waals surface area contributed by atoms with E-state index in [-0.39, 0.29) is 11.1 Å². The maximum absolute atomic E-state index is 10.6. The number of allylic oxidation sites excluding steroid dienone is 1. The van der Waals surface area contributed by atoms with Crippen LogP contribution in [0.25, 0.3) is 0 Å². The molecule has 0 saturated heterocycles. The normalized spacial score (nSPS) is 8.33. The van der Waals surface area contributed by atoms with E-state index in [1.807, 2.05) is 6.92 Å². The molecule has 1 rings (SSSR count). The SMILES string of the molecule is C=CC.NC(=O)c1cccc(C(N)=O)c1. The monoisotopic (exact) mass is 206 g/mol. The minimum atomic E-state index is -0.571. The Labute approximate surface area is 88.6 Å². The zero-order valence-corrected chi connectivity index (χ0v) is 8.57. The minimum Gasteiger partial charge on any atom is -0.366 e. The lowest BCUT2D eigenvalue weighted by Crippen LogP contribution is -2.14. The number of carbonyl (C=O) groups excluding carboxylic acids is 2. The van der Waals surface area contributed by atoms with Crippen LogP contribution < -0.4 is 11.5 Å². The topological polar surface area (TPSA) is 86.2 Å². The molecule has 0 fully saturated rings. The summed E-state index contributed by atoms with van der Waals surface area (Å²) < 4.78 is 0. The first-order chi connectivity index (χ1) is 7.02. The Balaban J connectivity index is 0.000000583. The second kappa shape index (κ2) is 6.37. The predicted molar refractivity (Wildman–Crippen MR) is 59.3 cm³/mol. The highest BCUT2D eigenvalue weighted by Gasteiger charge is 2.03. The summed E-state index contributed by atoms with van der Waals surface area (Å²) in [6.07, 6.45) is 1.75. The summed E-state index contributed by atoms with van der Waals surface area (Å²) in [6.45, 7) is 5.25. The molecule has 4 nitrogen and oxygen atoms in total. The third kappa shape index (κ3) is 4.61. The van der Waals surface area contributed by atoms with Gasteiger partial charge in [-0.15, -0.1) is 6.58 Å². The first-order valence-electron chi connectivity index (χ1n) is 4.29. The van der Waals surface area contributed by atoms with Gasteiger partial charge in [0.2, 0.25) is 11.8 Å². The highest BCUT2D eigenvalue weighted by atomic mass is 16.1. The molecule has 0 aromatic heterocycles. The largest absolute Gasteiger partial charge is 0.366 e. The summed E-state index contributed by atoms with van der Waals surface area (Å²) in [4.78, 5) is 21.3. The van der Waals surface area contributed by atoms with Crippen LogP contribution in [0.4, 0.5) is 0 Å².